The molecule has 0 radical (unpaired) electrons. The summed E-state index contributed by atoms with van der Waals surface area (Å²) in [5.74, 6) is 2.42. The van der Waals surface area contributed by atoms with Gasteiger partial charge in [-0.1, -0.05) is 17.3 Å². The van der Waals surface area contributed by atoms with Crippen molar-refractivity contribution in [1.29, 1.82) is 0 Å². The molecule has 25 heavy (non-hydrogen) atoms. The number of benzene rings is 2. The monoisotopic (exact) mass is 337 g/mol. The minimum atomic E-state index is -0.108. The van der Waals surface area contributed by atoms with Crippen LogP contribution in [0.15, 0.2) is 53.1 Å². The largest absolute Gasteiger partial charge is 0.457 e. The normalized spacial score (nSPS) is 10.5. The zero-order valence-electron chi connectivity index (χ0n) is 14.2. The topological polar surface area (TPSA) is 77.2 Å². The highest BCUT2D eigenvalue weighted by Crippen LogP contribution is 2.23. The number of ether oxygens (including phenoxy) is 1. The second kappa shape index (κ2) is 7.61. The Kier molecular flexibility index (Phi) is 5.09. The lowest BCUT2D eigenvalue weighted by atomic mass is 10.2. The average molecular weight is 337 g/mol. The molecule has 6 heteroatoms. The van der Waals surface area contributed by atoms with Crippen LogP contribution in [0.5, 0.6) is 11.5 Å². The van der Waals surface area contributed by atoms with Gasteiger partial charge in [0.05, 0.1) is 0 Å². The summed E-state index contributed by atoms with van der Waals surface area (Å²) in [6.45, 7) is 3.76. The summed E-state index contributed by atoms with van der Waals surface area (Å²) >= 11 is 0. The highest BCUT2D eigenvalue weighted by Gasteiger charge is 2.08. The maximum Gasteiger partial charge on any atom is 0.227 e. The molecular weight excluding hydrogens is 318 g/mol. The fourth-order valence-electron chi connectivity index (χ4n) is 2.31. The molecule has 0 aliphatic rings. The van der Waals surface area contributed by atoms with E-state index in [4.69, 9.17) is 9.26 Å². The first-order valence-electron chi connectivity index (χ1n) is 8.02. The Morgan fingerprint density at radius 3 is 2.60 bits per heavy atom. The van der Waals surface area contributed by atoms with Gasteiger partial charge in [-0.3, -0.25) is 4.79 Å². The molecule has 0 spiro atoms. The molecule has 0 fully saturated rings. The fourth-order valence-corrected chi connectivity index (χ4v) is 2.31. The number of anilines is 1. The van der Waals surface area contributed by atoms with Gasteiger partial charge in [-0.2, -0.15) is 4.98 Å². The first kappa shape index (κ1) is 16.7. The van der Waals surface area contributed by atoms with Gasteiger partial charge in [0.1, 0.15) is 11.5 Å². The van der Waals surface area contributed by atoms with Crippen molar-refractivity contribution in [2.75, 3.05) is 5.32 Å². The van der Waals surface area contributed by atoms with Crippen LogP contribution < -0.4 is 10.1 Å². The number of aryl methyl sites for hydroxylation is 3. The Balaban J connectivity index is 1.52. The number of carbonyl (C=O) groups is 1. The predicted octanol–water partition coefficient (Wildman–Crippen LogP) is 4.05. The summed E-state index contributed by atoms with van der Waals surface area (Å²) in [7, 11) is 0. The maximum atomic E-state index is 12.0. The third kappa shape index (κ3) is 4.91. The van der Waals surface area contributed by atoms with Crippen molar-refractivity contribution >= 4 is 11.6 Å². The molecule has 3 rings (SSSR count). The Morgan fingerprint density at radius 1 is 1.12 bits per heavy atom. The van der Waals surface area contributed by atoms with Gasteiger partial charge >= 0.3 is 0 Å². The number of hydrogen-bond acceptors (Lipinski definition) is 5. The number of nitrogens with zero attached hydrogens (tertiary/aromatic N) is 2. The highest BCUT2D eigenvalue weighted by molar-refractivity contribution is 5.90. The van der Waals surface area contributed by atoms with E-state index in [0.29, 0.717) is 29.6 Å². The van der Waals surface area contributed by atoms with E-state index in [1.165, 1.54) is 0 Å². The van der Waals surface area contributed by atoms with Crippen LogP contribution in [0.25, 0.3) is 0 Å². The molecule has 6 nitrogen and oxygen atoms in total. The van der Waals surface area contributed by atoms with Gasteiger partial charge in [0, 0.05) is 18.5 Å². The van der Waals surface area contributed by atoms with E-state index in [2.05, 4.69) is 15.5 Å². The number of aromatic nitrogens is 2. The van der Waals surface area contributed by atoms with Crippen LogP contribution in [0.1, 0.15) is 23.7 Å². The lowest BCUT2D eigenvalue weighted by Gasteiger charge is -2.08. The van der Waals surface area contributed by atoms with Crippen molar-refractivity contribution in [3.05, 3.63) is 65.8 Å². The summed E-state index contributed by atoms with van der Waals surface area (Å²) in [6, 6.07) is 15.1. The molecule has 2 aromatic carbocycles. The molecule has 1 N–H and O–H groups in total. The maximum absolute atomic E-state index is 12.0. The Hall–Kier alpha value is -3.15. The molecule has 0 bridgehead atoms. The summed E-state index contributed by atoms with van der Waals surface area (Å²) in [6.07, 6.45) is 0.699. The first-order chi connectivity index (χ1) is 12.1. The fraction of sp³-hybridized carbons (Fsp3) is 0.211. The highest BCUT2D eigenvalue weighted by atomic mass is 16.5. The zero-order valence-corrected chi connectivity index (χ0v) is 14.2. The average Bonchev–Trinajstić information content (AvgIpc) is 3.00. The van der Waals surface area contributed by atoms with Gasteiger partial charge in [-0.05, 0) is 55.8 Å². The Labute approximate surface area is 145 Å². The minimum Gasteiger partial charge on any atom is -0.457 e. The second-order valence-corrected chi connectivity index (χ2v) is 5.73. The molecule has 1 aromatic heterocycles. The third-order valence-electron chi connectivity index (χ3n) is 3.50. The molecule has 0 aliphatic heterocycles. The van der Waals surface area contributed by atoms with Crippen LogP contribution in [-0.4, -0.2) is 16.0 Å². The first-order valence-corrected chi connectivity index (χ1v) is 8.02. The predicted molar refractivity (Wildman–Crippen MR) is 93.7 cm³/mol. The molecule has 1 amide bonds. The molecule has 0 aliphatic carbocycles. The molecule has 0 saturated carbocycles. The van der Waals surface area contributed by atoms with Gasteiger partial charge < -0.3 is 14.6 Å². The van der Waals surface area contributed by atoms with Crippen molar-refractivity contribution in [3.8, 4) is 11.5 Å². The quantitative estimate of drug-likeness (QED) is 0.734. The van der Waals surface area contributed by atoms with Gasteiger partial charge in [0.25, 0.3) is 0 Å². The van der Waals surface area contributed by atoms with Crippen LogP contribution in [-0.2, 0) is 11.2 Å². The molecule has 128 valence electrons. The third-order valence-corrected chi connectivity index (χ3v) is 3.50. The van der Waals surface area contributed by atoms with Crippen LogP contribution in [0.3, 0.4) is 0 Å². The molecule has 0 unspecified atom stereocenters. The van der Waals surface area contributed by atoms with Crippen molar-refractivity contribution in [1.82, 2.24) is 10.1 Å². The van der Waals surface area contributed by atoms with Crippen molar-refractivity contribution < 1.29 is 14.1 Å². The summed E-state index contributed by atoms with van der Waals surface area (Å²) < 4.78 is 10.8. The molecule has 1 heterocycles. The van der Waals surface area contributed by atoms with Crippen LogP contribution in [0, 0.1) is 13.8 Å². The van der Waals surface area contributed by atoms with E-state index in [9.17, 15) is 4.79 Å². The Morgan fingerprint density at radius 2 is 1.92 bits per heavy atom. The van der Waals surface area contributed by atoms with E-state index >= 15 is 0 Å². The number of hydrogen-bond donors (Lipinski definition) is 1. The second-order valence-electron chi connectivity index (χ2n) is 5.73. The number of nitrogens with one attached hydrogen (secondary N) is 1. The van der Waals surface area contributed by atoms with Gasteiger partial charge in [-0.25, -0.2) is 0 Å². The standard InChI is InChI=1S/C19H19N3O3/c1-13-4-3-5-17(12-13)24-16-8-6-15(7-9-16)21-18(23)10-11-19-20-14(2)22-25-19/h3-9,12H,10-11H2,1-2H3,(H,21,23). The number of rotatable bonds is 6. The summed E-state index contributed by atoms with van der Waals surface area (Å²) in [4.78, 5) is 16.0. The van der Waals surface area contributed by atoms with Crippen molar-refractivity contribution in [2.24, 2.45) is 0 Å². The van der Waals surface area contributed by atoms with E-state index < -0.39 is 0 Å². The smallest absolute Gasteiger partial charge is 0.227 e. The molecule has 0 atom stereocenters. The van der Waals surface area contributed by atoms with Gasteiger partial charge in [0.15, 0.2) is 5.82 Å². The summed E-state index contributed by atoms with van der Waals surface area (Å²) in [5.41, 5.74) is 1.85. The van der Waals surface area contributed by atoms with Crippen LogP contribution in [0.2, 0.25) is 0 Å². The van der Waals surface area contributed by atoms with Crippen molar-refractivity contribution in [3.63, 3.8) is 0 Å². The van der Waals surface area contributed by atoms with Crippen LogP contribution >= 0.6 is 0 Å². The minimum absolute atomic E-state index is 0.108. The lowest BCUT2D eigenvalue weighted by molar-refractivity contribution is -0.116. The Bertz CT molecular complexity index is 856. The van der Waals surface area contributed by atoms with Crippen LogP contribution in [0.4, 0.5) is 5.69 Å². The van der Waals surface area contributed by atoms with E-state index in [0.717, 1.165) is 11.3 Å². The lowest BCUT2D eigenvalue weighted by Crippen LogP contribution is -2.12. The molecule has 0 saturated heterocycles. The van der Waals surface area contributed by atoms with Crippen molar-refractivity contribution in [2.45, 2.75) is 26.7 Å². The zero-order chi connectivity index (χ0) is 17.6. The number of carbonyl (C=O) groups excluding carboxylic acids is 1. The van der Waals surface area contributed by atoms with E-state index in [1.54, 1.807) is 19.1 Å². The van der Waals surface area contributed by atoms with E-state index in [-0.39, 0.29) is 12.3 Å². The van der Waals surface area contributed by atoms with Gasteiger partial charge in [-0.15, -0.1) is 0 Å². The van der Waals surface area contributed by atoms with E-state index in [1.807, 2.05) is 43.3 Å². The summed E-state index contributed by atoms with van der Waals surface area (Å²) in [5, 5.41) is 6.53. The van der Waals surface area contributed by atoms with Gasteiger partial charge in [0.2, 0.25) is 11.8 Å². The molecular formula is C19H19N3O3. The number of amides is 1. The SMILES string of the molecule is Cc1cccc(Oc2ccc(NC(=O)CCc3nc(C)no3)cc2)c1. The molecule has 3 aromatic rings.